The summed E-state index contributed by atoms with van der Waals surface area (Å²) in [5, 5.41) is 2.90. The fourth-order valence-corrected chi connectivity index (χ4v) is 3.02. The summed E-state index contributed by atoms with van der Waals surface area (Å²) in [6, 6.07) is 11.2. The zero-order chi connectivity index (χ0) is 20.6. The molecule has 0 radical (unpaired) electrons. The van der Waals surface area contributed by atoms with Crippen molar-refractivity contribution in [3.63, 3.8) is 0 Å². The molecule has 150 valence electrons. The topological polar surface area (TPSA) is 71.5 Å². The van der Waals surface area contributed by atoms with Crippen LogP contribution in [0.3, 0.4) is 0 Å². The highest BCUT2D eigenvalue weighted by Gasteiger charge is 2.22. The van der Waals surface area contributed by atoms with Crippen molar-refractivity contribution >= 4 is 34.6 Å². The van der Waals surface area contributed by atoms with E-state index < -0.39 is 5.60 Å². The lowest BCUT2D eigenvalue weighted by Gasteiger charge is -2.27. The summed E-state index contributed by atoms with van der Waals surface area (Å²) >= 11 is 2.18. The number of hydrogen-bond acceptors (Lipinski definition) is 4. The molecular weight excluding hydrogens is 469 g/mol. The third-order valence-corrected chi connectivity index (χ3v) is 4.40. The minimum absolute atomic E-state index is 0.116. The molecule has 0 saturated carbocycles. The van der Waals surface area contributed by atoms with Crippen molar-refractivity contribution < 1.29 is 14.3 Å². The predicted molar refractivity (Wildman–Crippen MR) is 117 cm³/mol. The molecule has 2 rings (SSSR count). The van der Waals surface area contributed by atoms with Gasteiger partial charge >= 0.3 is 6.09 Å². The highest BCUT2D eigenvalue weighted by molar-refractivity contribution is 14.1. The first-order valence-electron chi connectivity index (χ1n) is 9.15. The second-order valence-electron chi connectivity index (χ2n) is 7.38. The molecule has 0 aliphatic carbocycles. The van der Waals surface area contributed by atoms with E-state index in [1.165, 1.54) is 0 Å². The lowest BCUT2D eigenvalue weighted by atomic mass is 10.2. The maximum absolute atomic E-state index is 12.5. The Morgan fingerprint density at radius 1 is 1.21 bits per heavy atom. The number of nitrogens with one attached hydrogen (secondary N) is 1. The molecule has 7 heteroatoms. The number of nitrogens with zero attached hydrogens (tertiary/aromatic N) is 2. The van der Waals surface area contributed by atoms with Crippen molar-refractivity contribution in [2.45, 2.75) is 39.3 Å². The molecule has 0 aliphatic heterocycles. The number of benzene rings is 1. The molecule has 1 N–H and O–H groups in total. The van der Waals surface area contributed by atoms with Gasteiger partial charge in [0.2, 0.25) is 0 Å². The first-order chi connectivity index (χ1) is 13.2. The van der Waals surface area contributed by atoms with Crippen molar-refractivity contribution in [1.29, 1.82) is 0 Å². The Labute approximate surface area is 179 Å². The largest absolute Gasteiger partial charge is 0.444 e. The normalized spacial score (nSPS) is 11.0. The Bertz CT molecular complexity index is 791. The Morgan fingerprint density at radius 3 is 2.64 bits per heavy atom. The van der Waals surface area contributed by atoms with Gasteiger partial charge in [-0.05, 0) is 79.6 Å². The fraction of sp³-hybridized carbons (Fsp3) is 0.381. The van der Waals surface area contributed by atoms with E-state index in [1.54, 1.807) is 23.4 Å². The van der Waals surface area contributed by atoms with Gasteiger partial charge in [0.25, 0.3) is 5.91 Å². The number of ether oxygens (including phenoxy) is 1. The van der Waals surface area contributed by atoms with Crippen LogP contribution in [-0.2, 0) is 11.3 Å². The third kappa shape index (κ3) is 7.84. The van der Waals surface area contributed by atoms with Gasteiger partial charge in [-0.25, -0.2) is 4.79 Å². The summed E-state index contributed by atoms with van der Waals surface area (Å²) in [4.78, 5) is 30.5. The molecular formula is C21H26IN3O3. The minimum atomic E-state index is -0.567. The highest BCUT2D eigenvalue weighted by Crippen LogP contribution is 2.13. The van der Waals surface area contributed by atoms with Crippen molar-refractivity contribution in [2.75, 3.05) is 13.1 Å². The molecule has 6 nitrogen and oxygen atoms in total. The van der Waals surface area contributed by atoms with E-state index in [1.807, 2.05) is 51.1 Å². The van der Waals surface area contributed by atoms with Gasteiger partial charge in [-0.3, -0.25) is 9.78 Å². The Balaban J connectivity index is 1.90. The highest BCUT2D eigenvalue weighted by atomic mass is 127. The number of amides is 2. The first kappa shape index (κ1) is 22.1. The Morgan fingerprint density at radius 2 is 2.00 bits per heavy atom. The monoisotopic (exact) mass is 495 g/mol. The number of pyridine rings is 1. The van der Waals surface area contributed by atoms with Crippen LogP contribution in [0.15, 0.2) is 48.8 Å². The second kappa shape index (κ2) is 10.4. The molecule has 0 aliphatic rings. The van der Waals surface area contributed by atoms with Crippen molar-refractivity contribution in [3.05, 3.63) is 63.5 Å². The lowest BCUT2D eigenvalue weighted by Crippen LogP contribution is -2.38. The van der Waals surface area contributed by atoms with E-state index in [0.717, 1.165) is 9.13 Å². The summed E-state index contributed by atoms with van der Waals surface area (Å²) in [6.07, 6.45) is 3.67. The van der Waals surface area contributed by atoms with Crippen LogP contribution in [0.5, 0.6) is 0 Å². The number of carbonyl (C=O) groups is 2. The number of hydrogen-bond donors (Lipinski definition) is 1. The van der Waals surface area contributed by atoms with E-state index in [-0.39, 0.29) is 12.0 Å². The van der Waals surface area contributed by atoms with Crippen molar-refractivity contribution in [3.8, 4) is 0 Å². The summed E-state index contributed by atoms with van der Waals surface area (Å²) in [7, 11) is 0. The molecule has 0 atom stereocenters. The Kier molecular flexibility index (Phi) is 8.22. The number of rotatable bonds is 7. The van der Waals surface area contributed by atoms with Gasteiger partial charge in [-0.15, -0.1) is 0 Å². The predicted octanol–water partition coefficient (Wildman–Crippen LogP) is 4.24. The van der Waals surface area contributed by atoms with Crippen LogP contribution in [0.2, 0.25) is 0 Å². The standard InChI is InChI=1S/C21H26IN3O3/c1-21(2,3)28-20(27)25(15-16-7-5-10-23-14-16)12-6-11-24-19(26)17-8-4-9-18(22)13-17/h4-5,7-10,13-14H,6,11-12,15H2,1-3H3,(H,24,26). The third-order valence-electron chi connectivity index (χ3n) is 3.73. The summed E-state index contributed by atoms with van der Waals surface area (Å²) in [5.74, 6) is -0.116. The number of halogens is 1. The molecule has 0 saturated heterocycles. The van der Waals surface area contributed by atoms with Crippen LogP contribution in [0.1, 0.15) is 43.1 Å². The minimum Gasteiger partial charge on any atom is -0.444 e. The average molecular weight is 495 g/mol. The molecule has 2 amide bonds. The first-order valence-corrected chi connectivity index (χ1v) is 10.2. The number of carbonyl (C=O) groups excluding carboxylic acids is 2. The van der Waals surface area contributed by atoms with Gasteiger partial charge in [0.05, 0.1) is 6.54 Å². The molecule has 0 unspecified atom stereocenters. The molecule has 0 fully saturated rings. The van der Waals surface area contributed by atoms with Gasteiger partial charge in [-0.2, -0.15) is 0 Å². The smallest absolute Gasteiger partial charge is 0.410 e. The quantitative estimate of drug-likeness (QED) is 0.461. The molecule has 0 bridgehead atoms. The van der Waals surface area contributed by atoms with E-state index in [9.17, 15) is 9.59 Å². The maximum atomic E-state index is 12.5. The molecule has 0 spiro atoms. The summed E-state index contributed by atoms with van der Waals surface area (Å²) in [6.45, 7) is 6.87. The van der Waals surface area contributed by atoms with Crippen LogP contribution in [0.25, 0.3) is 0 Å². The van der Waals surface area contributed by atoms with Gasteiger partial charge in [0, 0.05) is 34.6 Å². The second-order valence-corrected chi connectivity index (χ2v) is 8.63. The van der Waals surface area contributed by atoms with Crippen LogP contribution >= 0.6 is 22.6 Å². The van der Waals surface area contributed by atoms with Gasteiger partial charge in [-0.1, -0.05) is 12.1 Å². The van der Waals surface area contributed by atoms with Gasteiger partial charge in [0.1, 0.15) is 5.60 Å². The number of aromatic nitrogens is 1. The Hall–Kier alpha value is -2.16. The van der Waals surface area contributed by atoms with Crippen LogP contribution in [-0.4, -0.2) is 40.6 Å². The maximum Gasteiger partial charge on any atom is 0.410 e. The van der Waals surface area contributed by atoms with Crippen LogP contribution in [0, 0.1) is 3.57 Å². The van der Waals surface area contributed by atoms with Crippen LogP contribution < -0.4 is 5.32 Å². The summed E-state index contributed by atoms with van der Waals surface area (Å²) in [5.41, 5.74) is 0.991. The van der Waals surface area contributed by atoms with E-state index >= 15 is 0 Å². The fourth-order valence-electron chi connectivity index (χ4n) is 2.48. The van der Waals surface area contributed by atoms with Crippen molar-refractivity contribution in [2.24, 2.45) is 0 Å². The summed E-state index contributed by atoms with van der Waals surface area (Å²) < 4.78 is 6.52. The van der Waals surface area contributed by atoms with Crippen LogP contribution in [0.4, 0.5) is 4.79 Å². The average Bonchev–Trinajstić information content (AvgIpc) is 2.63. The molecule has 1 aromatic heterocycles. The zero-order valence-electron chi connectivity index (χ0n) is 16.4. The molecule has 2 aromatic rings. The van der Waals surface area contributed by atoms with Gasteiger partial charge in [0.15, 0.2) is 0 Å². The lowest BCUT2D eigenvalue weighted by molar-refractivity contribution is 0.0232. The van der Waals surface area contributed by atoms with Crippen molar-refractivity contribution in [1.82, 2.24) is 15.2 Å². The SMILES string of the molecule is CC(C)(C)OC(=O)N(CCCNC(=O)c1cccc(I)c1)Cc1cccnc1. The molecule has 1 heterocycles. The van der Waals surface area contributed by atoms with Gasteiger partial charge < -0.3 is 15.0 Å². The van der Waals surface area contributed by atoms with E-state index in [2.05, 4.69) is 32.9 Å². The zero-order valence-corrected chi connectivity index (χ0v) is 18.6. The molecule has 28 heavy (non-hydrogen) atoms. The van der Waals surface area contributed by atoms with E-state index in [4.69, 9.17) is 4.74 Å². The molecule has 1 aromatic carbocycles. The van der Waals surface area contributed by atoms with E-state index in [0.29, 0.717) is 31.6 Å².